The second kappa shape index (κ2) is 7.01. The number of hydrogen-bond donors (Lipinski definition) is 1. The van der Waals surface area contributed by atoms with Crippen LogP contribution < -0.4 is 10.2 Å². The Labute approximate surface area is 154 Å². The molecular weight excluding hydrogens is 350 g/mol. The molecule has 0 atom stereocenters. The van der Waals surface area contributed by atoms with Crippen molar-refractivity contribution in [1.82, 2.24) is 14.8 Å². The van der Waals surface area contributed by atoms with E-state index in [-0.39, 0.29) is 18.4 Å². The van der Waals surface area contributed by atoms with E-state index in [9.17, 15) is 9.59 Å². The SMILES string of the molecule is O=C(CN1C(=O)CSc2ccccc21)Nc1nncn1-c1ccccc1. The van der Waals surface area contributed by atoms with Crippen molar-refractivity contribution in [2.75, 3.05) is 22.5 Å². The smallest absolute Gasteiger partial charge is 0.246 e. The molecule has 2 heterocycles. The molecule has 2 amide bonds. The maximum atomic E-state index is 12.5. The van der Waals surface area contributed by atoms with Crippen molar-refractivity contribution in [1.29, 1.82) is 0 Å². The van der Waals surface area contributed by atoms with E-state index >= 15 is 0 Å². The van der Waals surface area contributed by atoms with Crippen molar-refractivity contribution in [3.05, 3.63) is 60.9 Å². The van der Waals surface area contributed by atoms with Gasteiger partial charge in [0.25, 0.3) is 0 Å². The average molecular weight is 365 g/mol. The van der Waals surface area contributed by atoms with E-state index in [0.717, 1.165) is 16.3 Å². The number of anilines is 2. The summed E-state index contributed by atoms with van der Waals surface area (Å²) in [6.07, 6.45) is 1.53. The molecule has 1 aromatic heterocycles. The van der Waals surface area contributed by atoms with Gasteiger partial charge in [-0.15, -0.1) is 22.0 Å². The van der Waals surface area contributed by atoms with Gasteiger partial charge in [-0.2, -0.15) is 0 Å². The minimum Gasteiger partial charge on any atom is -0.301 e. The number of nitrogens with one attached hydrogen (secondary N) is 1. The number of carbonyl (C=O) groups excluding carboxylic acids is 2. The molecular formula is C18H15N5O2S. The molecule has 3 aromatic rings. The summed E-state index contributed by atoms with van der Waals surface area (Å²) in [5.74, 6) is 0.219. The van der Waals surface area contributed by atoms with Crippen molar-refractivity contribution in [3.8, 4) is 5.69 Å². The lowest BCUT2D eigenvalue weighted by molar-refractivity contribution is -0.120. The molecule has 0 unspecified atom stereocenters. The van der Waals surface area contributed by atoms with Crippen LogP contribution in [0.15, 0.2) is 65.8 Å². The number of hydrogen-bond acceptors (Lipinski definition) is 5. The van der Waals surface area contributed by atoms with Crippen LogP contribution in [0.4, 0.5) is 11.6 Å². The number of thioether (sulfide) groups is 1. The number of fused-ring (bicyclic) bond motifs is 1. The second-order valence-electron chi connectivity index (χ2n) is 5.64. The molecule has 0 aliphatic carbocycles. The summed E-state index contributed by atoms with van der Waals surface area (Å²) in [6.45, 7) is -0.0714. The van der Waals surface area contributed by atoms with Crippen molar-refractivity contribution in [2.24, 2.45) is 0 Å². The highest BCUT2D eigenvalue weighted by molar-refractivity contribution is 8.00. The molecule has 0 saturated heterocycles. The van der Waals surface area contributed by atoms with Crippen LogP contribution in [0, 0.1) is 0 Å². The minimum atomic E-state index is -0.328. The van der Waals surface area contributed by atoms with Crippen LogP contribution in [0.1, 0.15) is 0 Å². The molecule has 130 valence electrons. The molecule has 0 saturated carbocycles. The molecule has 1 aliphatic heterocycles. The van der Waals surface area contributed by atoms with Crippen molar-refractivity contribution in [3.63, 3.8) is 0 Å². The molecule has 0 spiro atoms. The maximum Gasteiger partial charge on any atom is 0.246 e. The molecule has 1 aliphatic rings. The summed E-state index contributed by atoms with van der Waals surface area (Å²) >= 11 is 1.48. The lowest BCUT2D eigenvalue weighted by atomic mass is 10.2. The monoisotopic (exact) mass is 365 g/mol. The molecule has 4 rings (SSSR count). The van der Waals surface area contributed by atoms with Gasteiger partial charge in [0.2, 0.25) is 17.8 Å². The Hall–Kier alpha value is -3.13. The molecule has 0 bridgehead atoms. The van der Waals surface area contributed by atoms with Crippen LogP contribution in [0.5, 0.6) is 0 Å². The Balaban J connectivity index is 1.52. The Morgan fingerprint density at radius 3 is 2.73 bits per heavy atom. The summed E-state index contributed by atoms with van der Waals surface area (Å²) in [6, 6.07) is 17.0. The third-order valence-electron chi connectivity index (χ3n) is 3.94. The average Bonchev–Trinajstić information content (AvgIpc) is 3.13. The van der Waals surface area contributed by atoms with Crippen molar-refractivity contribution in [2.45, 2.75) is 4.90 Å². The lowest BCUT2D eigenvalue weighted by Gasteiger charge is -2.28. The first-order valence-corrected chi connectivity index (χ1v) is 8.98. The van der Waals surface area contributed by atoms with Gasteiger partial charge in [0.15, 0.2) is 0 Å². The fourth-order valence-corrected chi connectivity index (χ4v) is 3.67. The van der Waals surface area contributed by atoms with Gasteiger partial charge in [-0.1, -0.05) is 30.3 Å². The molecule has 8 heteroatoms. The summed E-state index contributed by atoms with van der Waals surface area (Å²) in [5.41, 5.74) is 1.59. The number of aromatic nitrogens is 3. The first kappa shape index (κ1) is 16.3. The predicted molar refractivity (Wildman–Crippen MR) is 99.5 cm³/mol. The highest BCUT2D eigenvalue weighted by Crippen LogP contribution is 2.34. The maximum absolute atomic E-state index is 12.5. The molecule has 26 heavy (non-hydrogen) atoms. The molecule has 7 nitrogen and oxygen atoms in total. The van der Waals surface area contributed by atoms with E-state index in [0.29, 0.717) is 11.7 Å². The van der Waals surface area contributed by atoms with E-state index in [1.165, 1.54) is 23.0 Å². The molecule has 0 fully saturated rings. The zero-order valence-corrected chi connectivity index (χ0v) is 14.5. The number of benzene rings is 2. The highest BCUT2D eigenvalue weighted by Gasteiger charge is 2.26. The van der Waals surface area contributed by atoms with Crippen LogP contribution in [0.25, 0.3) is 5.69 Å². The van der Waals surface area contributed by atoms with E-state index < -0.39 is 0 Å². The van der Waals surface area contributed by atoms with E-state index in [1.807, 2.05) is 54.6 Å². The summed E-state index contributed by atoms with van der Waals surface area (Å²) in [4.78, 5) is 27.3. The Morgan fingerprint density at radius 2 is 1.88 bits per heavy atom. The molecule has 2 aromatic carbocycles. The first-order chi connectivity index (χ1) is 12.7. The molecule has 0 radical (unpaired) electrons. The third-order valence-corrected chi connectivity index (χ3v) is 4.99. The Bertz CT molecular complexity index is 957. The fraction of sp³-hybridized carbons (Fsp3) is 0.111. The summed E-state index contributed by atoms with van der Waals surface area (Å²) in [5, 5.41) is 10.6. The number of carbonyl (C=O) groups is 2. The fourth-order valence-electron chi connectivity index (χ4n) is 2.73. The Kier molecular flexibility index (Phi) is 4.40. The predicted octanol–water partition coefficient (Wildman–Crippen LogP) is 2.34. The van der Waals surface area contributed by atoms with Crippen LogP contribution >= 0.6 is 11.8 Å². The number of nitrogens with zero attached hydrogens (tertiary/aromatic N) is 4. The number of para-hydroxylation sites is 2. The summed E-state index contributed by atoms with van der Waals surface area (Å²) < 4.78 is 1.68. The van der Waals surface area contributed by atoms with Crippen LogP contribution in [-0.2, 0) is 9.59 Å². The van der Waals surface area contributed by atoms with Gasteiger partial charge in [0, 0.05) is 4.90 Å². The van der Waals surface area contributed by atoms with Crippen LogP contribution in [-0.4, -0.2) is 38.9 Å². The second-order valence-corrected chi connectivity index (χ2v) is 6.66. The molecule has 1 N–H and O–H groups in total. The van der Waals surface area contributed by atoms with Gasteiger partial charge in [-0.3, -0.25) is 19.5 Å². The zero-order valence-electron chi connectivity index (χ0n) is 13.7. The minimum absolute atomic E-state index is 0.0714. The van der Waals surface area contributed by atoms with Gasteiger partial charge in [0.05, 0.1) is 17.1 Å². The van der Waals surface area contributed by atoms with Crippen LogP contribution in [0.2, 0.25) is 0 Å². The quantitative estimate of drug-likeness (QED) is 0.768. The van der Waals surface area contributed by atoms with E-state index in [2.05, 4.69) is 15.5 Å². The van der Waals surface area contributed by atoms with Crippen molar-refractivity contribution < 1.29 is 9.59 Å². The van der Waals surface area contributed by atoms with Gasteiger partial charge >= 0.3 is 0 Å². The summed E-state index contributed by atoms with van der Waals surface area (Å²) in [7, 11) is 0. The van der Waals surface area contributed by atoms with E-state index in [4.69, 9.17) is 0 Å². The van der Waals surface area contributed by atoms with Gasteiger partial charge in [-0.05, 0) is 24.3 Å². The zero-order chi connectivity index (χ0) is 17.9. The normalized spacial score (nSPS) is 13.4. The number of rotatable bonds is 4. The van der Waals surface area contributed by atoms with Gasteiger partial charge in [0.1, 0.15) is 12.9 Å². The van der Waals surface area contributed by atoms with E-state index in [1.54, 1.807) is 4.57 Å². The van der Waals surface area contributed by atoms with Crippen LogP contribution in [0.3, 0.4) is 0 Å². The largest absolute Gasteiger partial charge is 0.301 e. The topological polar surface area (TPSA) is 80.1 Å². The highest BCUT2D eigenvalue weighted by atomic mass is 32.2. The lowest BCUT2D eigenvalue weighted by Crippen LogP contribution is -2.41. The first-order valence-electron chi connectivity index (χ1n) is 8.00. The third kappa shape index (κ3) is 3.18. The number of amides is 2. The van der Waals surface area contributed by atoms with Gasteiger partial charge in [-0.25, -0.2) is 0 Å². The van der Waals surface area contributed by atoms with Crippen molar-refractivity contribution >= 4 is 35.2 Å². The standard InChI is InChI=1S/C18H15N5O2S/c24-16(10-22-14-8-4-5-9-15(14)26-11-17(22)25)20-18-21-19-12-23(18)13-6-2-1-3-7-13/h1-9,12H,10-11H2,(H,20,21,24). The Morgan fingerprint density at radius 1 is 1.12 bits per heavy atom. The van der Waals surface area contributed by atoms with Gasteiger partial charge < -0.3 is 4.90 Å².